The van der Waals surface area contributed by atoms with E-state index in [2.05, 4.69) is 18.6 Å². The number of carboxylic acids is 1. The molecule has 0 amide bonds. The Bertz CT molecular complexity index is 283. The van der Waals surface area contributed by atoms with Crippen LogP contribution in [-0.2, 0) is 14.3 Å². The molecule has 4 heteroatoms. The minimum absolute atomic E-state index is 0.224. The summed E-state index contributed by atoms with van der Waals surface area (Å²) in [6.45, 7) is 4.81. The van der Waals surface area contributed by atoms with E-state index in [1.54, 1.807) is 0 Å². The Balaban J connectivity index is 2.14. The zero-order valence-corrected chi connectivity index (χ0v) is 10.7. The summed E-state index contributed by atoms with van der Waals surface area (Å²) in [5.74, 6) is -1.96. The van der Waals surface area contributed by atoms with Gasteiger partial charge in [-0.3, -0.25) is 0 Å². The summed E-state index contributed by atoms with van der Waals surface area (Å²) in [7, 11) is 0. The van der Waals surface area contributed by atoms with Crippen LogP contribution in [0.3, 0.4) is 0 Å². The lowest BCUT2D eigenvalue weighted by atomic mass is 9.71. The molecule has 0 aliphatic heterocycles. The highest BCUT2D eigenvalue weighted by Crippen LogP contribution is 2.40. The highest BCUT2D eigenvalue weighted by Gasteiger charge is 2.27. The van der Waals surface area contributed by atoms with E-state index in [4.69, 9.17) is 5.11 Å². The van der Waals surface area contributed by atoms with E-state index >= 15 is 0 Å². The lowest BCUT2D eigenvalue weighted by Crippen LogP contribution is -2.23. The van der Waals surface area contributed by atoms with Gasteiger partial charge in [0, 0.05) is 0 Å². The van der Waals surface area contributed by atoms with Gasteiger partial charge in [-0.1, -0.05) is 26.7 Å². The van der Waals surface area contributed by atoms with Crippen molar-refractivity contribution in [2.45, 2.75) is 52.4 Å². The van der Waals surface area contributed by atoms with E-state index in [0.29, 0.717) is 11.3 Å². The molecule has 98 valence electrons. The molecular formula is C13H22O4. The second-order valence-electron chi connectivity index (χ2n) is 5.71. The monoisotopic (exact) mass is 242 g/mol. The van der Waals surface area contributed by atoms with Crippen LogP contribution < -0.4 is 0 Å². The normalized spacial score (nSPS) is 23.1. The largest absolute Gasteiger partial charge is 0.473 e. The number of hydrogen-bond acceptors (Lipinski definition) is 3. The minimum atomic E-state index is -1.51. The van der Waals surface area contributed by atoms with Gasteiger partial charge in [-0.05, 0) is 37.0 Å². The summed E-state index contributed by atoms with van der Waals surface area (Å²) in [5.41, 5.74) is 0.431. The Morgan fingerprint density at radius 3 is 2.71 bits per heavy atom. The molecule has 1 atom stereocenters. The molecule has 1 aliphatic carbocycles. The molecule has 0 heterocycles. The maximum atomic E-state index is 10.7. The molecule has 17 heavy (non-hydrogen) atoms. The van der Waals surface area contributed by atoms with Gasteiger partial charge in [-0.15, -0.1) is 0 Å². The average molecular weight is 242 g/mol. The third-order valence-electron chi connectivity index (χ3n) is 3.47. The van der Waals surface area contributed by atoms with Crippen LogP contribution in [-0.4, -0.2) is 23.7 Å². The van der Waals surface area contributed by atoms with E-state index in [1.165, 1.54) is 25.7 Å². The van der Waals surface area contributed by atoms with E-state index < -0.39 is 11.9 Å². The quantitative estimate of drug-likeness (QED) is 0.467. The molecule has 1 rings (SSSR count). The summed E-state index contributed by atoms with van der Waals surface area (Å²) >= 11 is 0. The van der Waals surface area contributed by atoms with Crippen molar-refractivity contribution in [2.24, 2.45) is 11.3 Å². The highest BCUT2D eigenvalue weighted by atomic mass is 16.6. The van der Waals surface area contributed by atoms with Crippen molar-refractivity contribution >= 4 is 11.9 Å². The standard InChI is InChI=1S/C13H22O4/c1-13(2)7-3-5-10(9-13)6-4-8-17-12(16)11(14)15/h10H,3-9H2,1-2H3,(H,14,15). The lowest BCUT2D eigenvalue weighted by Gasteiger charge is -2.35. The molecule has 1 saturated carbocycles. The van der Waals surface area contributed by atoms with Crippen molar-refractivity contribution in [1.29, 1.82) is 0 Å². The van der Waals surface area contributed by atoms with Crippen LogP contribution in [0.5, 0.6) is 0 Å². The van der Waals surface area contributed by atoms with E-state index in [9.17, 15) is 9.59 Å². The molecule has 1 aliphatic rings. The van der Waals surface area contributed by atoms with Gasteiger partial charge < -0.3 is 9.84 Å². The van der Waals surface area contributed by atoms with Gasteiger partial charge in [0.25, 0.3) is 0 Å². The fourth-order valence-corrected chi connectivity index (χ4v) is 2.70. The fraction of sp³-hybridized carbons (Fsp3) is 0.846. The summed E-state index contributed by atoms with van der Waals surface area (Å²) < 4.78 is 4.61. The van der Waals surface area contributed by atoms with Crippen LogP contribution in [0, 0.1) is 11.3 Å². The number of ether oxygens (including phenoxy) is 1. The van der Waals surface area contributed by atoms with Gasteiger partial charge in [-0.25, -0.2) is 9.59 Å². The number of esters is 1. The second-order valence-corrected chi connectivity index (χ2v) is 5.71. The molecule has 0 aromatic carbocycles. The van der Waals surface area contributed by atoms with Crippen molar-refractivity contribution in [3.8, 4) is 0 Å². The van der Waals surface area contributed by atoms with Crippen molar-refractivity contribution < 1.29 is 19.4 Å². The van der Waals surface area contributed by atoms with Crippen molar-refractivity contribution in [3.05, 3.63) is 0 Å². The van der Waals surface area contributed by atoms with Crippen molar-refractivity contribution in [2.75, 3.05) is 6.61 Å². The number of carbonyl (C=O) groups excluding carboxylic acids is 1. The second kappa shape index (κ2) is 6.03. The summed E-state index contributed by atoms with van der Waals surface area (Å²) in [4.78, 5) is 20.9. The van der Waals surface area contributed by atoms with Gasteiger partial charge in [0.1, 0.15) is 0 Å². The molecule has 1 N–H and O–H groups in total. The number of aliphatic carboxylic acids is 1. The first-order chi connectivity index (χ1) is 7.91. The SMILES string of the molecule is CC1(C)CCCC(CCCOC(=O)C(=O)O)C1. The lowest BCUT2D eigenvalue weighted by molar-refractivity contribution is -0.164. The molecule has 0 bridgehead atoms. The first-order valence-electron chi connectivity index (χ1n) is 6.31. The molecule has 0 spiro atoms. The average Bonchev–Trinajstić information content (AvgIpc) is 2.22. The van der Waals surface area contributed by atoms with Gasteiger partial charge >= 0.3 is 11.9 Å². The molecule has 0 aromatic heterocycles. The third kappa shape index (κ3) is 5.20. The Labute approximate surface area is 102 Å². The van der Waals surface area contributed by atoms with Gasteiger partial charge in [0.05, 0.1) is 6.61 Å². The maximum Gasteiger partial charge on any atom is 0.417 e. The first kappa shape index (κ1) is 14.0. The van der Waals surface area contributed by atoms with Crippen molar-refractivity contribution in [1.82, 2.24) is 0 Å². The summed E-state index contributed by atoms with van der Waals surface area (Å²) in [5, 5.41) is 8.32. The molecule has 0 saturated heterocycles. The van der Waals surface area contributed by atoms with E-state index in [-0.39, 0.29) is 6.61 Å². The zero-order chi connectivity index (χ0) is 12.9. The smallest absolute Gasteiger partial charge is 0.417 e. The van der Waals surface area contributed by atoms with Crippen LogP contribution in [0.15, 0.2) is 0 Å². The Morgan fingerprint density at radius 2 is 2.12 bits per heavy atom. The Hall–Kier alpha value is -1.06. The van der Waals surface area contributed by atoms with Gasteiger partial charge in [-0.2, -0.15) is 0 Å². The van der Waals surface area contributed by atoms with Gasteiger partial charge in [0.2, 0.25) is 0 Å². The van der Waals surface area contributed by atoms with Crippen LogP contribution in [0.25, 0.3) is 0 Å². The molecule has 4 nitrogen and oxygen atoms in total. The number of rotatable bonds is 4. The van der Waals surface area contributed by atoms with Crippen LogP contribution in [0.1, 0.15) is 52.4 Å². The van der Waals surface area contributed by atoms with Crippen LogP contribution in [0.4, 0.5) is 0 Å². The highest BCUT2D eigenvalue weighted by molar-refractivity contribution is 6.28. The number of carbonyl (C=O) groups is 2. The molecule has 1 unspecified atom stereocenters. The summed E-state index contributed by atoms with van der Waals surface area (Å²) in [6, 6.07) is 0. The predicted octanol–water partition coefficient (Wildman–Crippen LogP) is 2.61. The minimum Gasteiger partial charge on any atom is -0.473 e. The van der Waals surface area contributed by atoms with Crippen LogP contribution >= 0.6 is 0 Å². The molecular weight excluding hydrogens is 220 g/mol. The summed E-state index contributed by atoms with van der Waals surface area (Å²) in [6.07, 6.45) is 6.82. The van der Waals surface area contributed by atoms with E-state index in [0.717, 1.165) is 12.8 Å². The van der Waals surface area contributed by atoms with E-state index in [1.807, 2.05) is 0 Å². The van der Waals surface area contributed by atoms with Crippen molar-refractivity contribution in [3.63, 3.8) is 0 Å². The Kier molecular flexibility index (Phi) is 4.97. The topological polar surface area (TPSA) is 63.6 Å². The van der Waals surface area contributed by atoms with Crippen LogP contribution in [0.2, 0.25) is 0 Å². The Morgan fingerprint density at radius 1 is 1.41 bits per heavy atom. The third-order valence-corrected chi connectivity index (χ3v) is 3.47. The predicted molar refractivity (Wildman–Crippen MR) is 63.6 cm³/mol. The zero-order valence-electron chi connectivity index (χ0n) is 10.7. The maximum absolute atomic E-state index is 10.7. The molecule has 1 fully saturated rings. The first-order valence-corrected chi connectivity index (χ1v) is 6.31. The van der Waals surface area contributed by atoms with Gasteiger partial charge in [0.15, 0.2) is 0 Å². The number of hydrogen-bond donors (Lipinski definition) is 1. The molecule has 0 radical (unpaired) electrons. The number of carboxylic acid groups (broad SMARTS) is 1. The fourth-order valence-electron chi connectivity index (χ4n) is 2.70. The molecule has 0 aromatic rings.